The molecule has 0 bridgehead atoms. The molecule has 2 aliphatic rings. The van der Waals surface area contributed by atoms with E-state index in [2.05, 4.69) is 6.92 Å². The summed E-state index contributed by atoms with van der Waals surface area (Å²) in [5.74, 6) is 1.00. The summed E-state index contributed by atoms with van der Waals surface area (Å²) in [7, 11) is 0. The van der Waals surface area contributed by atoms with Crippen LogP contribution in [0.5, 0.6) is 0 Å². The molecule has 1 saturated heterocycles. The van der Waals surface area contributed by atoms with Crippen molar-refractivity contribution in [2.75, 3.05) is 19.7 Å². The number of carbonyl (C=O) groups is 1. The molecule has 1 aliphatic carbocycles. The summed E-state index contributed by atoms with van der Waals surface area (Å²) in [6, 6.07) is 7.74. The van der Waals surface area contributed by atoms with Gasteiger partial charge in [0.25, 0.3) is 0 Å². The highest BCUT2D eigenvalue weighted by atomic mass is 35.5. The van der Waals surface area contributed by atoms with Crippen LogP contribution in [-0.4, -0.2) is 30.5 Å². The van der Waals surface area contributed by atoms with Crippen LogP contribution in [0.25, 0.3) is 0 Å². The molecule has 1 amide bonds. The second kappa shape index (κ2) is 7.01. The Balaban J connectivity index is 1.66. The second-order valence-electron chi connectivity index (χ2n) is 6.53. The zero-order valence-electron chi connectivity index (χ0n) is 13.1. The fourth-order valence-corrected chi connectivity index (χ4v) is 3.90. The van der Waals surface area contributed by atoms with Gasteiger partial charge in [-0.3, -0.25) is 4.79 Å². The van der Waals surface area contributed by atoms with Crippen molar-refractivity contribution >= 4 is 17.5 Å². The van der Waals surface area contributed by atoms with E-state index in [0.29, 0.717) is 36.5 Å². The van der Waals surface area contributed by atoms with Crippen molar-refractivity contribution in [3.63, 3.8) is 0 Å². The van der Waals surface area contributed by atoms with Crippen molar-refractivity contribution in [3.05, 3.63) is 34.9 Å². The summed E-state index contributed by atoms with van der Waals surface area (Å²) < 4.78 is 5.85. The third-order valence-corrected chi connectivity index (χ3v) is 5.33. The molecule has 22 heavy (non-hydrogen) atoms. The number of morpholine rings is 1. The number of nitrogens with zero attached hydrogens (tertiary/aromatic N) is 1. The predicted molar refractivity (Wildman–Crippen MR) is 87.8 cm³/mol. The second-order valence-corrected chi connectivity index (χ2v) is 6.97. The van der Waals surface area contributed by atoms with Crippen molar-refractivity contribution in [3.8, 4) is 0 Å². The van der Waals surface area contributed by atoms with E-state index >= 15 is 0 Å². The van der Waals surface area contributed by atoms with Crippen molar-refractivity contribution in [1.29, 1.82) is 0 Å². The van der Waals surface area contributed by atoms with Crippen molar-refractivity contribution in [2.24, 2.45) is 11.8 Å². The topological polar surface area (TPSA) is 29.5 Å². The van der Waals surface area contributed by atoms with E-state index in [1.165, 1.54) is 25.7 Å². The molecule has 3 rings (SSSR count). The van der Waals surface area contributed by atoms with Gasteiger partial charge in [0.15, 0.2) is 0 Å². The number of ether oxygens (including phenoxy) is 1. The Bertz CT molecular complexity index is 528. The van der Waals surface area contributed by atoms with Gasteiger partial charge < -0.3 is 9.64 Å². The molecule has 120 valence electrons. The van der Waals surface area contributed by atoms with Crippen LogP contribution in [0.2, 0.25) is 5.02 Å². The molecule has 1 aromatic rings. The molecular formula is C18H24ClNO2. The van der Waals surface area contributed by atoms with Crippen LogP contribution in [0.3, 0.4) is 0 Å². The van der Waals surface area contributed by atoms with Crippen LogP contribution in [0.1, 0.15) is 44.3 Å². The van der Waals surface area contributed by atoms with Gasteiger partial charge in [0.05, 0.1) is 13.2 Å². The quantitative estimate of drug-likeness (QED) is 0.840. The Morgan fingerprint density at radius 1 is 1.36 bits per heavy atom. The number of carbonyl (C=O) groups excluding carboxylic acids is 1. The van der Waals surface area contributed by atoms with E-state index in [1.807, 2.05) is 29.2 Å². The highest BCUT2D eigenvalue weighted by Gasteiger charge is 2.33. The number of amides is 1. The van der Waals surface area contributed by atoms with Gasteiger partial charge in [0.2, 0.25) is 5.91 Å². The van der Waals surface area contributed by atoms with Crippen molar-refractivity contribution in [2.45, 2.75) is 38.7 Å². The molecule has 2 unspecified atom stereocenters. The molecule has 2 atom stereocenters. The van der Waals surface area contributed by atoms with Gasteiger partial charge in [-0.15, -0.1) is 0 Å². The first kappa shape index (κ1) is 15.8. The summed E-state index contributed by atoms with van der Waals surface area (Å²) in [4.78, 5) is 14.8. The average molecular weight is 322 g/mol. The van der Waals surface area contributed by atoms with E-state index in [1.54, 1.807) is 0 Å². The monoisotopic (exact) mass is 321 g/mol. The van der Waals surface area contributed by atoms with Gasteiger partial charge in [-0.2, -0.15) is 0 Å². The summed E-state index contributed by atoms with van der Waals surface area (Å²) in [5.41, 5.74) is 1.05. The first-order valence-electron chi connectivity index (χ1n) is 8.31. The smallest absolute Gasteiger partial charge is 0.225 e. The number of rotatable bonds is 3. The SMILES string of the molecule is CC(C(=O)N1CCOC(c2cccc(Cl)c2)C1)C1CCCC1. The van der Waals surface area contributed by atoms with E-state index in [-0.39, 0.29) is 12.0 Å². The minimum atomic E-state index is -0.0628. The molecule has 0 aromatic heterocycles. The van der Waals surface area contributed by atoms with Gasteiger partial charge in [0.1, 0.15) is 6.10 Å². The molecule has 1 aliphatic heterocycles. The molecular weight excluding hydrogens is 298 g/mol. The molecule has 3 nitrogen and oxygen atoms in total. The van der Waals surface area contributed by atoms with Crippen LogP contribution in [0.15, 0.2) is 24.3 Å². The van der Waals surface area contributed by atoms with E-state index in [0.717, 1.165) is 5.56 Å². The van der Waals surface area contributed by atoms with Gasteiger partial charge in [-0.25, -0.2) is 0 Å². The summed E-state index contributed by atoms with van der Waals surface area (Å²) >= 11 is 6.06. The molecule has 1 saturated carbocycles. The molecule has 0 spiro atoms. The maximum atomic E-state index is 12.8. The van der Waals surface area contributed by atoms with Crippen molar-refractivity contribution < 1.29 is 9.53 Å². The molecule has 1 aromatic carbocycles. The molecule has 2 fully saturated rings. The lowest BCUT2D eigenvalue weighted by Crippen LogP contribution is -2.45. The average Bonchev–Trinajstić information content (AvgIpc) is 3.08. The lowest BCUT2D eigenvalue weighted by Gasteiger charge is -2.35. The van der Waals surface area contributed by atoms with Gasteiger partial charge in [-0.1, -0.05) is 43.5 Å². The zero-order valence-corrected chi connectivity index (χ0v) is 13.9. The zero-order chi connectivity index (χ0) is 15.5. The Hall–Kier alpha value is -1.06. The Morgan fingerprint density at radius 2 is 2.14 bits per heavy atom. The standard InChI is InChI=1S/C18H24ClNO2/c1-13(14-5-2-3-6-14)18(21)20-9-10-22-17(12-20)15-7-4-8-16(19)11-15/h4,7-8,11,13-14,17H,2-3,5-6,9-10,12H2,1H3. The van der Waals surface area contributed by atoms with Crippen LogP contribution < -0.4 is 0 Å². The number of hydrogen-bond donors (Lipinski definition) is 0. The third kappa shape index (κ3) is 3.47. The van der Waals surface area contributed by atoms with E-state index in [9.17, 15) is 4.79 Å². The maximum absolute atomic E-state index is 12.8. The summed E-state index contributed by atoms with van der Waals surface area (Å²) in [6.45, 7) is 4.03. The van der Waals surface area contributed by atoms with E-state index in [4.69, 9.17) is 16.3 Å². The molecule has 0 radical (unpaired) electrons. The van der Waals surface area contributed by atoms with E-state index < -0.39 is 0 Å². The van der Waals surface area contributed by atoms with Crippen molar-refractivity contribution in [1.82, 2.24) is 4.90 Å². The Labute approximate surface area is 137 Å². The van der Waals surface area contributed by atoms with Crippen LogP contribution in [0, 0.1) is 11.8 Å². The molecule has 0 N–H and O–H groups in total. The minimum Gasteiger partial charge on any atom is -0.370 e. The summed E-state index contributed by atoms with van der Waals surface area (Å²) in [5, 5.41) is 0.712. The lowest BCUT2D eigenvalue weighted by atomic mass is 9.91. The van der Waals surface area contributed by atoms with Crippen LogP contribution in [-0.2, 0) is 9.53 Å². The highest BCUT2D eigenvalue weighted by Crippen LogP contribution is 2.33. The fourth-order valence-electron chi connectivity index (χ4n) is 3.70. The van der Waals surface area contributed by atoms with Gasteiger partial charge in [0, 0.05) is 17.5 Å². The minimum absolute atomic E-state index is 0.0628. The first-order chi connectivity index (χ1) is 10.6. The predicted octanol–water partition coefficient (Wildman–Crippen LogP) is 4.07. The first-order valence-corrected chi connectivity index (χ1v) is 8.69. The van der Waals surface area contributed by atoms with Gasteiger partial charge in [-0.05, 0) is 36.5 Å². The number of benzene rings is 1. The third-order valence-electron chi connectivity index (χ3n) is 5.10. The lowest BCUT2D eigenvalue weighted by molar-refractivity contribution is -0.144. The van der Waals surface area contributed by atoms with Crippen LogP contribution in [0.4, 0.5) is 0 Å². The maximum Gasteiger partial charge on any atom is 0.225 e. The fraction of sp³-hybridized carbons (Fsp3) is 0.611. The Kier molecular flexibility index (Phi) is 5.04. The highest BCUT2D eigenvalue weighted by molar-refractivity contribution is 6.30. The number of halogens is 1. The van der Waals surface area contributed by atoms with Gasteiger partial charge >= 0.3 is 0 Å². The normalized spacial score (nSPS) is 24.5. The Morgan fingerprint density at radius 3 is 2.86 bits per heavy atom. The molecule has 4 heteroatoms. The number of hydrogen-bond acceptors (Lipinski definition) is 2. The largest absolute Gasteiger partial charge is 0.370 e. The molecule has 1 heterocycles. The van der Waals surface area contributed by atoms with Crippen LogP contribution >= 0.6 is 11.6 Å². The summed E-state index contributed by atoms with van der Waals surface area (Å²) in [6.07, 6.45) is 4.89.